The van der Waals surface area contributed by atoms with Crippen LogP contribution in [0.25, 0.3) is 0 Å². The maximum atomic E-state index is 13.6. The van der Waals surface area contributed by atoms with E-state index in [1.807, 2.05) is 13.8 Å². The first-order valence-electron chi connectivity index (χ1n) is 10.2. The summed E-state index contributed by atoms with van der Waals surface area (Å²) in [6.07, 6.45) is 10.8. The van der Waals surface area contributed by atoms with Crippen LogP contribution in [-0.2, 0) is 21.6 Å². The number of anilines is 1. The number of aromatic nitrogens is 2. The first kappa shape index (κ1) is 22.9. The zero-order valence-corrected chi connectivity index (χ0v) is 20.5. The van der Waals surface area contributed by atoms with E-state index in [2.05, 4.69) is 35.4 Å². The highest BCUT2D eigenvalue weighted by molar-refractivity contribution is 8.49. The molecule has 8 nitrogen and oxygen atoms in total. The van der Waals surface area contributed by atoms with E-state index in [9.17, 15) is 14.4 Å². The van der Waals surface area contributed by atoms with E-state index in [1.54, 1.807) is 6.92 Å². The minimum Gasteiger partial charge on any atom is -0.448 e. The SMILES string of the molecule is CCOC(=O)n1nc2c(c1NC(=O)C1([SH](C)(C)(C)C)CCC1)CN(C(=O)Cl)C2(C)C. The van der Waals surface area contributed by atoms with Gasteiger partial charge in [-0.3, -0.25) is 18.8 Å². The molecule has 30 heavy (non-hydrogen) atoms. The predicted molar refractivity (Wildman–Crippen MR) is 122 cm³/mol. The van der Waals surface area contributed by atoms with Gasteiger partial charge in [-0.25, -0.2) is 4.79 Å². The van der Waals surface area contributed by atoms with Gasteiger partial charge in [0.15, 0.2) is 0 Å². The van der Waals surface area contributed by atoms with Crippen LogP contribution >= 0.6 is 20.8 Å². The smallest absolute Gasteiger partial charge is 0.436 e. The number of fused-ring (bicyclic) bond motifs is 1. The normalized spacial score (nSPS) is 20.5. The lowest BCUT2D eigenvalue weighted by molar-refractivity contribution is -0.120. The number of nitrogens with one attached hydrogen (secondary N) is 1. The molecule has 1 saturated carbocycles. The zero-order chi connectivity index (χ0) is 22.7. The summed E-state index contributed by atoms with van der Waals surface area (Å²) < 4.78 is 5.82. The minimum atomic E-state index is -2.29. The van der Waals surface area contributed by atoms with Crippen molar-refractivity contribution in [2.24, 2.45) is 0 Å². The third-order valence-electron chi connectivity index (χ3n) is 6.75. The molecule has 1 aromatic heterocycles. The van der Waals surface area contributed by atoms with Crippen LogP contribution in [0.5, 0.6) is 0 Å². The first-order chi connectivity index (χ1) is 13.6. The number of nitrogens with zero attached hydrogens (tertiary/aromatic N) is 3. The number of hydrogen-bond acceptors (Lipinski definition) is 5. The molecule has 2 heterocycles. The van der Waals surface area contributed by atoms with E-state index in [4.69, 9.17) is 16.3 Å². The molecule has 0 radical (unpaired) electrons. The third kappa shape index (κ3) is 3.30. The molecule has 2 aliphatic rings. The molecule has 1 fully saturated rings. The molecule has 1 aliphatic heterocycles. The molecule has 1 aliphatic carbocycles. The number of carbonyl (C=O) groups excluding carboxylic acids is 3. The number of ether oxygens (including phenoxy) is 1. The van der Waals surface area contributed by atoms with Gasteiger partial charge in [-0.2, -0.15) is 5.10 Å². The summed E-state index contributed by atoms with van der Waals surface area (Å²) in [5.41, 5.74) is 0.328. The quantitative estimate of drug-likeness (QED) is 0.405. The van der Waals surface area contributed by atoms with Crippen LogP contribution in [-0.4, -0.2) is 68.4 Å². The average Bonchev–Trinajstić information content (AvgIpc) is 2.99. The number of carbonyl (C=O) groups is 3. The Morgan fingerprint density at radius 3 is 2.23 bits per heavy atom. The molecule has 1 N–H and O–H groups in total. The molecule has 3 rings (SSSR count). The number of halogens is 1. The first-order valence-corrected chi connectivity index (χ1v) is 14.6. The third-order valence-corrected chi connectivity index (χ3v) is 11.0. The Bertz CT molecular complexity index is 918. The highest BCUT2D eigenvalue weighted by Crippen LogP contribution is 2.73. The molecule has 0 atom stereocenters. The van der Waals surface area contributed by atoms with Gasteiger partial charge in [-0.1, -0.05) is 0 Å². The summed E-state index contributed by atoms with van der Waals surface area (Å²) in [6, 6.07) is 0. The van der Waals surface area contributed by atoms with Gasteiger partial charge in [0.1, 0.15) is 5.82 Å². The summed E-state index contributed by atoms with van der Waals surface area (Å²) in [6.45, 7) is 5.67. The molecule has 0 spiro atoms. The van der Waals surface area contributed by atoms with Crippen molar-refractivity contribution in [2.45, 2.75) is 56.9 Å². The van der Waals surface area contributed by atoms with Crippen LogP contribution in [0.2, 0.25) is 0 Å². The Morgan fingerprint density at radius 1 is 1.20 bits per heavy atom. The number of amides is 2. The molecule has 0 saturated heterocycles. The molecule has 1 aromatic rings. The highest BCUT2D eigenvalue weighted by Gasteiger charge is 2.56. The van der Waals surface area contributed by atoms with Gasteiger partial charge in [-0.15, -0.1) is 4.68 Å². The lowest BCUT2D eigenvalue weighted by Gasteiger charge is -2.66. The van der Waals surface area contributed by atoms with E-state index in [0.717, 1.165) is 23.9 Å². The summed E-state index contributed by atoms with van der Waals surface area (Å²) >= 11 is 5.79. The van der Waals surface area contributed by atoms with Gasteiger partial charge in [0, 0.05) is 5.56 Å². The molecule has 0 bridgehead atoms. The Hall–Kier alpha value is -1.74. The van der Waals surface area contributed by atoms with E-state index in [0.29, 0.717) is 11.3 Å². The van der Waals surface area contributed by atoms with Gasteiger partial charge in [-0.05, 0) is 76.7 Å². The van der Waals surface area contributed by atoms with Crippen molar-refractivity contribution >= 4 is 43.9 Å². The maximum Gasteiger partial charge on any atom is 0.436 e. The summed E-state index contributed by atoms with van der Waals surface area (Å²) in [7, 11) is -2.29. The fourth-order valence-corrected chi connectivity index (χ4v) is 7.81. The second-order valence-corrected chi connectivity index (χ2v) is 18.9. The van der Waals surface area contributed by atoms with Gasteiger partial charge in [0.05, 0.1) is 29.1 Å². The maximum absolute atomic E-state index is 13.6. The van der Waals surface area contributed by atoms with Crippen LogP contribution in [0.15, 0.2) is 0 Å². The van der Waals surface area contributed by atoms with Crippen molar-refractivity contribution in [2.75, 3.05) is 36.9 Å². The molecular weight excluding hydrogens is 428 g/mol. The van der Waals surface area contributed by atoms with Crippen LogP contribution in [0, 0.1) is 0 Å². The van der Waals surface area contributed by atoms with Crippen molar-refractivity contribution in [1.29, 1.82) is 0 Å². The number of thiol groups is 1. The van der Waals surface area contributed by atoms with Gasteiger partial charge >= 0.3 is 11.5 Å². The van der Waals surface area contributed by atoms with Gasteiger partial charge in [0.25, 0.3) is 0 Å². The summed E-state index contributed by atoms with van der Waals surface area (Å²) in [4.78, 5) is 39.6. The molecule has 0 aromatic carbocycles. The van der Waals surface area contributed by atoms with Crippen molar-refractivity contribution in [3.8, 4) is 0 Å². The highest BCUT2D eigenvalue weighted by atomic mass is 35.5. The van der Waals surface area contributed by atoms with Gasteiger partial charge < -0.3 is 15.0 Å². The molecular formula is C20H33ClN4O4S. The monoisotopic (exact) mass is 460 g/mol. The molecule has 2 amide bonds. The summed E-state index contributed by atoms with van der Waals surface area (Å²) in [5.74, 6) is 0.178. The Kier molecular flexibility index (Phi) is 5.26. The predicted octanol–water partition coefficient (Wildman–Crippen LogP) is 3.75. The standard InChI is InChI=1S/C20H33ClN4O4S/c1-8-29-18(28)25-15(13-12-24(17(21)27)19(2,3)14(13)23-25)22-16(26)20(10-9-11-20)30(4,5,6)7/h30H,8-12H2,1-7H3,(H,22,26). The lowest BCUT2D eigenvalue weighted by Crippen LogP contribution is -2.56. The Labute approximate surface area is 182 Å². The fourth-order valence-electron chi connectivity index (χ4n) is 4.57. The molecule has 170 valence electrons. The average molecular weight is 461 g/mol. The van der Waals surface area contributed by atoms with Crippen LogP contribution < -0.4 is 5.32 Å². The molecule has 10 heteroatoms. The van der Waals surface area contributed by atoms with E-state index >= 15 is 0 Å². The van der Waals surface area contributed by atoms with Crippen molar-refractivity contribution in [3.63, 3.8) is 0 Å². The van der Waals surface area contributed by atoms with E-state index in [-0.39, 0.29) is 24.9 Å². The number of hydrogen-bond donors (Lipinski definition) is 2. The van der Waals surface area contributed by atoms with Crippen LogP contribution in [0.1, 0.15) is 51.3 Å². The fraction of sp³-hybridized carbons (Fsp3) is 0.700. The van der Waals surface area contributed by atoms with E-state index < -0.39 is 30.9 Å². The van der Waals surface area contributed by atoms with Crippen LogP contribution in [0.3, 0.4) is 0 Å². The lowest BCUT2D eigenvalue weighted by atomic mass is 9.83. The second-order valence-electron chi connectivity index (χ2n) is 10.6. The zero-order valence-electron chi connectivity index (χ0n) is 18.8. The second kappa shape index (κ2) is 6.88. The Morgan fingerprint density at radius 2 is 1.80 bits per heavy atom. The Balaban J connectivity index is 2.08. The van der Waals surface area contributed by atoms with E-state index in [1.165, 1.54) is 4.90 Å². The van der Waals surface area contributed by atoms with Crippen molar-refractivity contribution in [1.82, 2.24) is 14.7 Å². The largest absolute Gasteiger partial charge is 0.448 e. The van der Waals surface area contributed by atoms with Gasteiger partial charge in [0.2, 0.25) is 5.91 Å². The minimum absolute atomic E-state index is 0.0943. The van der Waals surface area contributed by atoms with Crippen molar-refractivity contribution < 1.29 is 19.1 Å². The topological polar surface area (TPSA) is 93.5 Å². The molecule has 0 unspecified atom stereocenters. The summed E-state index contributed by atoms with van der Waals surface area (Å²) in [5, 5.41) is 6.84. The van der Waals surface area contributed by atoms with Crippen LogP contribution in [0.4, 0.5) is 15.4 Å². The van der Waals surface area contributed by atoms with Crippen molar-refractivity contribution in [3.05, 3.63) is 11.3 Å². The number of rotatable bonds is 4.